The summed E-state index contributed by atoms with van der Waals surface area (Å²) < 4.78 is 10.1. The van der Waals surface area contributed by atoms with Gasteiger partial charge in [-0.1, -0.05) is 23.2 Å². The molecule has 0 aliphatic carbocycles. The van der Waals surface area contributed by atoms with Crippen LogP contribution in [0, 0.1) is 17.0 Å². The summed E-state index contributed by atoms with van der Waals surface area (Å²) in [5.41, 5.74) is 0.310. The Balaban J connectivity index is 1.85. The van der Waals surface area contributed by atoms with Crippen LogP contribution < -0.4 is 10.1 Å². The number of halogens is 2. The van der Waals surface area contributed by atoms with Crippen molar-refractivity contribution < 1.29 is 24.0 Å². The largest absolute Gasteiger partial charge is 0.482 e. The fraction of sp³-hybridized carbons (Fsp3) is 0.176. The predicted molar refractivity (Wildman–Crippen MR) is 99.4 cm³/mol. The van der Waals surface area contributed by atoms with Gasteiger partial charge in [-0.05, 0) is 42.8 Å². The van der Waals surface area contributed by atoms with Crippen LogP contribution in [0.4, 0.5) is 11.4 Å². The SMILES string of the molecule is Cc1cc(Cl)ccc1OCC(=O)OCC(=O)Nc1ccc(Cl)cc1[N+](=O)[O-]. The number of hydrogen-bond acceptors (Lipinski definition) is 6. The van der Waals surface area contributed by atoms with Crippen molar-refractivity contribution in [2.24, 2.45) is 0 Å². The Bertz CT molecular complexity index is 888. The van der Waals surface area contributed by atoms with Crippen LogP contribution in [0.3, 0.4) is 0 Å². The number of ether oxygens (including phenoxy) is 2. The van der Waals surface area contributed by atoms with Gasteiger partial charge in [0.15, 0.2) is 13.2 Å². The van der Waals surface area contributed by atoms with Crippen LogP contribution in [-0.2, 0) is 14.3 Å². The first-order valence-electron chi connectivity index (χ1n) is 7.54. The summed E-state index contributed by atoms with van der Waals surface area (Å²) >= 11 is 11.5. The molecule has 0 radical (unpaired) electrons. The Hall–Kier alpha value is -2.84. The number of rotatable bonds is 7. The maximum absolute atomic E-state index is 11.8. The molecule has 27 heavy (non-hydrogen) atoms. The molecule has 0 bridgehead atoms. The summed E-state index contributed by atoms with van der Waals surface area (Å²) in [6, 6.07) is 8.67. The van der Waals surface area contributed by atoms with Crippen molar-refractivity contribution in [3.8, 4) is 5.75 Å². The first-order chi connectivity index (χ1) is 12.8. The molecule has 1 N–H and O–H groups in total. The summed E-state index contributed by atoms with van der Waals surface area (Å²) in [4.78, 5) is 33.8. The van der Waals surface area contributed by atoms with Crippen molar-refractivity contribution in [3.63, 3.8) is 0 Å². The van der Waals surface area contributed by atoms with Crippen LogP contribution in [0.15, 0.2) is 36.4 Å². The van der Waals surface area contributed by atoms with Gasteiger partial charge in [-0.25, -0.2) is 4.79 Å². The van der Waals surface area contributed by atoms with Crippen molar-refractivity contribution in [2.75, 3.05) is 18.5 Å². The molecule has 8 nitrogen and oxygen atoms in total. The lowest BCUT2D eigenvalue weighted by atomic mass is 10.2. The van der Waals surface area contributed by atoms with Crippen molar-refractivity contribution in [3.05, 3.63) is 62.1 Å². The Morgan fingerprint density at radius 2 is 1.78 bits per heavy atom. The molecule has 0 heterocycles. The lowest BCUT2D eigenvalue weighted by Gasteiger charge is -2.10. The number of aryl methyl sites for hydroxylation is 1. The van der Waals surface area contributed by atoms with Crippen molar-refractivity contribution in [1.82, 2.24) is 0 Å². The molecule has 0 saturated heterocycles. The van der Waals surface area contributed by atoms with Gasteiger partial charge >= 0.3 is 5.97 Å². The highest BCUT2D eigenvalue weighted by atomic mass is 35.5. The fourth-order valence-corrected chi connectivity index (χ4v) is 2.44. The maximum atomic E-state index is 11.8. The number of esters is 1. The van der Waals surface area contributed by atoms with Gasteiger partial charge in [0.25, 0.3) is 11.6 Å². The summed E-state index contributed by atoms with van der Waals surface area (Å²) in [7, 11) is 0. The fourth-order valence-electron chi connectivity index (χ4n) is 2.05. The number of carbonyl (C=O) groups excluding carboxylic acids is 2. The van der Waals surface area contributed by atoms with Gasteiger partial charge in [0.05, 0.1) is 4.92 Å². The van der Waals surface area contributed by atoms with E-state index in [1.165, 1.54) is 12.1 Å². The van der Waals surface area contributed by atoms with E-state index < -0.39 is 30.0 Å². The summed E-state index contributed by atoms with van der Waals surface area (Å²) in [6.45, 7) is 0.734. The highest BCUT2D eigenvalue weighted by Crippen LogP contribution is 2.27. The molecule has 0 atom stereocenters. The van der Waals surface area contributed by atoms with Crippen LogP contribution in [-0.4, -0.2) is 30.0 Å². The topological polar surface area (TPSA) is 108 Å². The second kappa shape index (κ2) is 9.20. The first kappa shape index (κ1) is 20.5. The van der Waals surface area contributed by atoms with E-state index in [0.717, 1.165) is 11.6 Å². The van der Waals surface area contributed by atoms with Crippen molar-refractivity contribution >= 4 is 46.5 Å². The van der Waals surface area contributed by atoms with E-state index in [1.54, 1.807) is 25.1 Å². The quantitative estimate of drug-likeness (QED) is 0.421. The van der Waals surface area contributed by atoms with E-state index >= 15 is 0 Å². The number of anilines is 1. The summed E-state index contributed by atoms with van der Waals surface area (Å²) in [6.07, 6.45) is 0. The van der Waals surface area contributed by atoms with Gasteiger partial charge in [-0.15, -0.1) is 0 Å². The van der Waals surface area contributed by atoms with E-state index in [2.05, 4.69) is 5.32 Å². The second-order valence-electron chi connectivity index (χ2n) is 5.33. The third-order valence-corrected chi connectivity index (χ3v) is 3.75. The lowest BCUT2D eigenvalue weighted by Crippen LogP contribution is -2.24. The first-order valence-corrected chi connectivity index (χ1v) is 8.30. The number of carbonyl (C=O) groups is 2. The molecule has 0 aliphatic rings. The van der Waals surface area contributed by atoms with Crippen LogP contribution >= 0.6 is 23.2 Å². The van der Waals surface area contributed by atoms with E-state index in [4.69, 9.17) is 32.7 Å². The third kappa shape index (κ3) is 6.12. The number of nitrogens with zero attached hydrogens (tertiary/aromatic N) is 1. The minimum atomic E-state index is -0.773. The summed E-state index contributed by atoms with van der Waals surface area (Å²) in [5, 5.41) is 14.0. The number of benzene rings is 2. The Morgan fingerprint density at radius 1 is 1.11 bits per heavy atom. The molecule has 1 amide bonds. The van der Waals surface area contributed by atoms with Crippen LogP contribution in [0.25, 0.3) is 0 Å². The standard InChI is InChI=1S/C17H14Cl2N2O6/c1-10-6-11(18)3-5-15(10)26-9-17(23)27-8-16(22)20-13-4-2-12(19)7-14(13)21(24)25/h2-7H,8-9H2,1H3,(H,20,22). The zero-order valence-corrected chi connectivity index (χ0v) is 15.5. The molecular formula is C17H14Cl2N2O6. The third-order valence-electron chi connectivity index (χ3n) is 3.28. The monoisotopic (exact) mass is 412 g/mol. The number of amides is 1. The normalized spacial score (nSPS) is 10.2. The highest BCUT2D eigenvalue weighted by Gasteiger charge is 2.17. The number of hydrogen-bond donors (Lipinski definition) is 1. The highest BCUT2D eigenvalue weighted by molar-refractivity contribution is 6.31. The Labute approximate surface area is 164 Å². The van der Waals surface area contributed by atoms with Crippen molar-refractivity contribution in [1.29, 1.82) is 0 Å². The average molecular weight is 413 g/mol. The molecule has 2 aromatic carbocycles. The van der Waals surface area contributed by atoms with Crippen LogP contribution in [0.5, 0.6) is 5.75 Å². The molecule has 0 saturated carbocycles. The Kier molecular flexibility index (Phi) is 6.98. The van der Waals surface area contributed by atoms with Gasteiger partial charge in [0, 0.05) is 16.1 Å². The second-order valence-corrected chi connectivity index (χ2v) is 6.20. The smallest absolute Gasteiger partial charge is 0.344 e. The lowest BCUT2D eigenvalue weighted by molar-refractivity contribution is -0.383. The van der Waals surface area contributed by atoms with Crippen LogP contribution in [0.1, 0.15) is 5.56 Å². The number of nitrogens with one attached hydrogen (secondary N) is 1. The molecule has 2 rings (SSSR count). The number of nitro groups is 1. The molecule has 0 unspecified atom stereocenters. The predicted octanol–water partition coefficient (Wildman–Crippen LogP) is 3.77. The van der Waals surface area contributed by atoms with Crippen LogP contribution in [0.2, 0.25) is 10.0 Å². The molecule has 0 fully saturated rings. The molecule has 0 aliphatic heterocycles. The molecule has 0 aromatic heterocycles. The zero-order valence-electron chi connectivity index (χ0n) is 14.0. The molecule has 10 heteroatoms. The Morgan fingerprint density at radius 3 is 2.44 bits per heavy atom. The van der Waals surface area contributed by atoms with Gasteiger partial charge in [0.2, 0.25) is 0 Å². The molecule has 142 valence electrons. The number of nitro benzene ring substituents is 1. The van der Waals surface area contributed by atoms with Gasteiger partial charge in [-0.3, -0.25) is 14.9 Å². The minimum absolute atomic E-state index is 0.0570. The molecule has 0 spiro atoms. The van der Waals surface area contributed by atoms with E-state index in [9.17, 15) is 19.7 Å². The van der Waals surface area contributed by atoms with E-state index in [0.29, 0.717) is 10.8 Å². The maximum Gasteiger partial charge on any atom is 0.344 e. The van der Waals surface area contributed by atoms with Gasteiger partial charge in [-0.2, -0.15) is 0 Å². The zero-order chi connectivity index (χ0) is 20.0. The molecule has 2 aromatic rings. The molecular weight excluding hydrogens is 399 g/mol. The van der Waals surface area contributed by atoms with Gasteiger partial charge < -0.3 is 14.8 Å². The minimum Gasteiger partial charge on any atom is -0.482 e. The summed E-state index contributed by atoms with van der Waals surface area (Å²) in [5.74, 6) is -1.06. The van der Waals surface area contributed by atoms with Gasteiger partial charge in [0.1, 0.15) is 11.4 Å². The van der Waals surface area contributed by atoms with Crippen molar-refractivity contribution in [2.45, 2.75) is 6.92 Å². The van der Waals surface area contributed by atoms with E-state index in [1.807, 2.05) is 0 Å². The average Bonchev–Trinajstić information content (AvgIpc) is 2.60. The van der Waals surface area contributed by atoms with E-state index in [-0.39, 0.29) is 16.4 Å².